The Morgan fingerprint density at radius 3 is 1.33 bits per heavy atom. The molecule has 112 valence electrons. The van der Waals surface area contributed by atoms with E-state index in [1.54, 1.807) is 0 Å². The molecular formula is C18H24O2Si. The van der Waals surface area contributed by atoms with Gasteiger partial charge in [-0.25, -0.2) is 0 Å². The van der Waals surface area contributed by atoms with Crippen LogP contribution in [-0.2, 0) is 0 Å². The second-order valence-electron chi connectivity index (χ2n) is 6.16. The number of hydrogen-bond acceptors (Lipinski definition) is 2. The van der Waals surface area contributed by atoms with Crippen LogP contribution in [0.4, 0.5) is 0 Å². The standard InChI is InChI=1S/C18H24O2Si/c1-13(2)15-9-5-7-11-17(15)21(19,20)18-12-8-6-10-16(18)14(3)4/h5-14,19-20H,1-4H3. The zero-order valence-corrected chi connectivity index (χ0v) is 14.2. The molecule has 2 aromatic rings. The van der Waals surface area contributed by atoms with Crippen molar-refractivity contribution >= 4 is 18.9 Å². The van der Waals surface area contributed by atoms with E-state index in [0.717, 1.165) is 11.1 Å². The lowest BCUT2D eigenvalue weighted by molar-refractivity contribution is 0.400. The van der Waals surface area contributed by atoms with Crippen molar-refractivity contribution in [1.29, 1.82) is 0 Å². The van der Waals surface area contributed by atoms with Gasteiger partial charge in [-0.05, 0) is 23.0 Å². The van der Waals surface area contributed by atoms with Gasteiger partial charge < -0.3 is 9.59 Å². The monoisotopic (exact) mass is 300 g/mol. The Balaban J connectivity index is 2.63. The first-order valence-electron chi connectivity index (χ1n) is 7.49. The summed E-state index contributed by atoms with van der Waals surface area (Å²) < 4.78 is 0. The maximum atomic E-state index is 11.0. The molecule has 0 saturated heterocycles. The van der Waals surface area contributed by atoms with Gasteiger partial charge in [0.2, 0.25) is 0 Å². The Morgan fingerprint density at radius 1 is 0.667 bits per heavy atom. The summed E-state index contributed by atoms with van der Waals surface area (Å²) in [4.78, 5) is 22.0. The fourth-order valence-electron chi connectivity index (χ4n) is 2.78. The molecule has 3 heteroatoms. The first-order chi connectivity index (χ1) is 9.85. The van der Waals surface area contributed by atoms with Crippen molar-refractivity contribution < 1.29 is 9.59 Å². The van der Waals surface area contributed by atoms with E-state index in [9.17, 15) is 9.59 Å². The molecule has 0 aromatic heterocycles. The van der Waals surface area contributed by atoms with Crippen molar-refractivity contribution in [2.45, 2.75) is 39.5 Å². The van der Waals surface area contributed by atoms with Crippen LogP contribution in [0.25, 0.3) is 0 Å². The van der Waals surface area contributed by atoms with Gasteiger partial charge in [-0.2, -0.15) is 0 Å². The van der Waals surface area contributed by atoms with Crippen LogP contribution < -0.4 is 10.4 Å². The zero-order chi connectivity index (χ0) is 15.6. The maximum absolute atomic E-state index is 11.0. The van der Waals surface area contributed by atoms with E-state index in [0.29, 0.717) is 10.4 Å². The molecule has 0 saturated carbocycles. The third-order valence-electron chi connectivity index (χ3n) is 3.92. The van der Waals surface area contributed by atoms with Gasteiger partial charge in [-0.3, -0.25) is 0 Å². The molecule has 2 N–H and O–H groups in total. The van der Waals surface area contributed by atoms with Crippen LogP contribution >= 0.6 is 0 Å². The average molecular weight is 300 g/mol. The molecule has 0 aliphatic carbocycles. The fourth-order valence-corrected chi connectivity index (χ4v) is 5.28. The maximum Gasteiger partial charge on any atom is 0.402 e. The molecule has 0 spiro atoms. The van der Waals surface area contributed by atoms with Crippen molar-refractivity contribution in [2.24, 2.45) is 0 Å². The number of benzene rings is 2. The van der Waals surface area contributed by atoms with Gasteiger partial charge in [0.1, 0.15) is 0 Å². The van der Waals surface area contributed by atoms with Gasteiger partial charge in [-0.15, -0.1) is 0 Å². The normalized spacial score (nSPS) is 12.2. The summed E-state index contributed by atoms with van der Waals surface area (Å²) in [5, 5.41) is 1.40. The largest absolute Gasteiger partial charge is 0.404 e. The first kappa shape index (κ1) is 16.0. The Morgan fingerprint density at radius 2 is 1.00 bits per heavy atom. The van der Waals surface area contributed by atoms with Gasteiger partial charge in [0.15, 0.2) is 0 Å². The lowest BCUT2D eigenvalue weighted by Gasteiger charge is -2.26. The molecule has 2 nitrogen and oxygen atoms in total. The molecule has 2 rings (SSSR count). The lowest BCUT2D eigenvalue weighted by atomic mass is 10.0. The minimum absolute atomic E-state index is 0.263. The van der Waals surface area contributed by atoms with Crippen LogP contribution in [0.1, 0.15) is 50.7 Å². The Hall–Kier alpha value is -1.42. The molecule has 0 aliphatic rings. The van der Waals surface area contributed by atoms with Crippen molar-refractivity contribution in [1.82, 2.24) is 0 Å². The molecular weight excluding hydrogens is 276 g/mol. The smallest absolute Gasteiger partial charge is 0.402 e. The molecule has 0 atom stereocenters. The highest BCUT2D eigenvalue weighted by Crippen LogP contribution is 2.18. The van der Waals surface area contributed by atoms with Gasteiger partial charge >= 0.3 is 8.56 Å². The van der Waals surface area contributed by atoms with Crippen LogP contribution in [0.5, 0.6) is 0 Å². The lowest BCUT2D eigenvalue weighted by Crippen LogP contribution is -2.61. The first-order valence-corrected chi connectivity index (χ1v) is 9.38. The molecule has 0 bridgehead atoms. The van der Waals surface area contributed by atoms with E-state index in [2.05, 4.69) is 27.7 Å². The van der Waals surface area contributed by atoms with E-state index >= 15 is 0 Å². The van der Waals surface area contributed by atoms with E-state index in [1.807, 2.05) is 48.5 Å². The molecule has 0 aliphatic heterocycles. The van der Waals surface area contributed by atoms with Crippen molar-refractivity contribution in [3.8, 4) is 0 Å². The third-order valence-corrected chi connectivity index (χ3v) is 6.33. The highest BCUT2D eigenvalue weighted by Gasteiger charge is 2.39. The SMILES string of the molecule is CC(C)c1ccccc1[Si](O)(O)c1ccccc1C(C)C. The Bertz CT molecular complexity index is 565. The molecule has 21 heavy (non-hydrogen) atoms. The summed E-state index contributed by atoms with van der Waals surface area (Å²) in [6.07, 6.45) is 0. The second kappa shape index (κ2) is 6.14. The summed E-state index contributed by atoms with van der Waals surface area (Å²) in [7, 11) is -3.67. The zero-order valence-electron chi connectivity index (χ0n) is 13.2. The van der Waals surface area contributed by atoms with Crippen LogP contribution in [0, 0.1) is 0 Å². The molecule has 2 aromatic carbocycles. The quantitative estimate of drug-likeness (QED) is 0.852. The van der Waals surface area contributed by atoms with Gasteiger partial charge in [0.05, 0.1) is 0 Å². The Labute approximate surface area is 128 Å². The van der Waals surface area contributed by atoms with E-state index in [4.69, 9.17) is 0 Å². The minimum atomic E-state index is -3.67. The van der Waals surface area contributed by atoms with E-state index < -0.39 is 8.56 Å². The van der Waals surface area contributed by atoms with Crippen molar-refractivity contribution in [3.05, 3.63) is 59.7 Å². The number of rotatable bonds is 4. The second-order valence-corrected chi connectivity index (χ2v) is 8.58. The van der Waals surface area contributed by atoms with Crippen molar-refractivity contribution in [3.63, 3.8) is 0 Å². The summed E-state index contributed by atoms with van der Waals surface area (Å²) in [6, 6.07) is 15.4. The molecule has 0 amide bonds. The molecule has 0 unspecified atom stereocenters. The van der Waals surface area contributed by atoms with Crippen LogP contribution in [-0.4, -0.2) is 18.2 Å². The van der Waals surface area contributed by atoms with E-state index in [-0.39, 0.29) is 11.8 Å². The summed E-state index contributed by atoms with van der Waals surface area (Å²) in [5.74, 6) is 0.525. The average Bonchev–Trinajstić information content (AvgIpc) is 2.47. The molecule has 0 heterocycles. The van der Waals surface area contributed by atoms with Crippen LogP contribution in [0.2, 0.25) is 0 Å². The summed E-state index contributed by atoms with van der Waals surface area (Å²) >= 11 is 0. The fraction of sp³-hybridized carbons (Fsp3) is 0.333. The summed E-state index contributed by atoms with van der Waals surface area (Å²) in [6.45, 7) is 8.32. The van der Waals surface area contributed by atoms with Crippen LogP contribution in [0.15, 0.2) is 48.5 Å². The van der Waals surface area contributed by atoms with Gasteiger partial charge in [0.25, 0.3) is 0 Å². The molecule has 0 fully saturated rings. The number of hydrogen-bond donors (Lipinski definition) is 2. The highest BCUT2D eigenvalue weighted by molar-refractivity contribution is 6.91. The van der Waals surface area contributed by atoms with Gasteiger partial charge in [0, 0.05) is 10.4 Å². The third kappa shape index (κ3) is 3.10. The van der Waals surface area contributed by atoms with Crippen LogP contribution in [0.3, 0.4) is 0 Å². The predicted octanol–water partition coefficient (Wildman–Crippen LogP) is 2.47. The Kier molecular flexibility index (Phi) is 4.66. The topological polar surface area (TPSA) is 40.5 Å². The minimum Gasteiger partial charge on any atom is -0.404 e. The predicted molar refractivity (Wildman–Crippen MR) is 90.5 cm³/mol. The van der Waals surface area contributed by atoms with Gasteiger partial charge in [-0.1, -0.05) is 76.2 Å². The van der Waals surface area contributed by atoms with Crippen molar-refractivity contribution in [2.75, 3.05) is 0 Å². The molecule has 0 radical (unpaired) electrons. The highest BCUT2D eigenvalue weighted by atomic mass is 28.4. The van der Waals surface area contributed by atoms with E-state index in [1.165, 1.54) is 0 Å². The summed E-state index contributed by atoms with van der Waals surface area (Å²) in [5.41, 5.74) is 2.04.